The van der Waals surface area contributed by atoms with Crippen molar-refractivity contribution in [1.82, 2.24) is 4.90 Å². The maximum atomic E-state index is 8.90. The van der Waals surface area contributed by atoms with Gasteiger partial charge in [-0.3, -0.25) is 4.90 Å². The Morgan fingerprint density at radius 1 is 0.386 bits per heavy atom. The van der Waals surface area contributed by atoms with Gasteiger partial charge in [0.25, 0.3) is 0 Å². The summed E-state index contributed by atoms with van der Waals surface area (Å²) in [6.45, 7) is 16.4. The number of hydrogen-bond acceptors (Lipinski definition) is 5. The van der Waals surface area contributed by atoms with Gasteiger partial charge in [0.1, 0.15) is 0 Å². The first-order valence-electron chi connectivity index (χ1n) is 24.9. The van der Waals surface area contributed by atoms with Crippen molar-refractivity contribution in [2.45, 2.75) is 253 Å². The number of aliphatic hydroxyl groups excluding tert-OH is 2. The standard InChI is InChI=1S/C32H66O.C16H35NO2.H3O4P/c1-5-9-13-17-19-23-27-31(25-21-15-11-7-3)29-33-30-32(26-22-16-12-8-4)28-24-20-18-14-10-6-2;1-2-3-4-5-6-7-8-9-10-11-12-17(13-15-18)14-16-19;1-5(2,3)4/h31-32H,5-30H2,1-4H3;18-19H,2-16H2,1H3;(H3,1,2,3,4). The van der Waals surface area contributed by atoms with Crippen LogP contribution in [0.1, 0.15) is 253 Å². The van der Waals surface area contributed by atoms with Crippen molar-refractivity contribution in [3.8, 4) is 0 Å². The number of aliphatic hydroxyl groups is 2. The first kappa shape index (κ1) is 61.3. The first-order valence-corrected chi connectivity index (χ1v) is 26.5. The number of rotatable bonds is 43. The molecule has 57 heavy (non-hydrogen) atoms. The average Bonchev–Trinajstić information content (AvgIpc) is 3.17. The summed E-state index contributed by atoms with van der Waals surface area (Å²) in [6, 6.07) is 0. The summed E-state index contributed by atoms with van der Waals surface area (Å²) in [4.78, 5) is 23.7. The predicted octanol–water partition coefficient (Wildman–Crippen LogP) is 13.9. The minimum absolute atomic E-state index is 0.192. The lowest BCUT2D eigenvalue weighted by Gasteiger charge is -2.21. The quantitative estimate of drug-likeness (QED) is 0.0303. The van der Waals surface area contributed by atoms with Crippen LogP contribution in [-0.4, -0.2) is 75.9 Å². The summed E-state index contributed by atoms with van der Waals surface area (Å²) >= 11 is 0. The van der Waals surface area contributed by atoms with Crippen molar-refractivity contribution in [3.63, 3.8) is 0 Å². The van der Waals surface area contributed by atoms with E-state index in [4.69, 9.17) is 34.2 Å². The van der Waals surface area contributed by atoms with Crippen LogP contribution in [0.25, 0.3) is 0 Å². The van der Waals surface area contributed by atoms with E-state index >= 15 is 0 Å². The van der Waals surface area contributed by atoms with Gasteiger partial charge in [0, 0.05) is 26.3 Å². The molecule has 0 aliphatic rings. The van der Waals surface area contributed by atoms with Crippen molar-refractivity contribution < 1.29 is 34.2 Å². The summed E-state index contributed by atoms with van der Waals surface area (Å²) < 4.78 is 15.3. The Hall–Kier alpha value is -0.0500. The molecule has 9 heteroatoms. The van der Waals surface area contributed by atoms with Crippen molar-refractivity contribution in [2.75, 3.05) is 46.1 Å². The van der Waals surface area contributed by atoms with Crippen LogP contribution in [0.4, 0.5) is 0 Å². The summed E-state index contributed by atoms with van der Waals surface area (Å²) in [7, 11) is -4.64. The van der Waals surface area contributed by atoms with Crippen molar-refractivity contribution in [1.29, 1.82) is 0 Å². The van der Waals surface area contributed by atoms with E-state index < -0.39 is 7.82 Å². The highest BCUT2D eigenvalue weighted by molar-refractivity contribution is 7.45. The van der Waals surface area contributed by atoms with E-state index in [0.717, 1.165) is 31.6 Å². The van der Waals surface area contributed by atoms with Crippen molar-refractivity contribution >= 4 is 7.82 Å². The highest BCUT2D eigenvalue weighted by Crippen LogP contribution is 2.26. The lowest BCUT2D eigenvalue weighted by molar-refractivity contribution is 0.0587. The molecule has 0 aliphatic carbocycles. The Bertz CT molecular complexity index is 710. The molecule has 0 saturated carbocycles. The van der Waals surface area contributed by atoms with E-state index in [-0.39, 0.29) is 13.2 Å². The Morgan fingerprint density at radius 3 is 0.877 bits per heavy atom. The van der Waals surface area contributed by atoms with Gasteiger partial charge in [-0.2, -0.15) is 0 Å². The molecule has 0 fully saturated rings. The van der Waals surface area contributed by atoms with Gasteiger partial charge in [0.05, 0.1) is 13.2 Å². The Kier molecular flexibility index (Phi) is 56.0. The Balaban J connectivity index is -0.00000102. The van der Waals surface area contributed by atoms with Gasteiger partial charge in [-0.15, -0.1) is 0 Å². The van der Waals surface area contributed by atoms with Crippen LogP contribution in [0.15, 0.2) is 0 Å². The molecule has 0 spiro atoms. The molecule has 0 amide bonds. The number of hydrogen-bond donors (Lipinski definition) is 5. The third-order valence-electron chi connectivity index (χ3n) is 11.2. The molecule has 0 bridgehead atoms. The number of nitrogens with zero attached hydrogens (tertiary/aromatic N) is 1. The second-order valence-corrected chi connectivity index (χ2v) is 18.1. The lowest BCUT2D eigenvalue weighted by atomic mass is 9.94. The zero-order chi connectivity index (χ0) is 42.9. The van der Waals surface area contributed by atoms with Crippen LogP contribution in [0, 0.1) is 11.8 Å². The van der Waals surface area contributed by atoms with Gasteiger partial charge in [-0.1, -0.05) is 221 Å². The molecule has 0 rings (SSSR count). The molecule has 0 aromatic heterocycles. The van der Waals surface area contributed by atoms with Crippen LogP contribution >= 0.6 is 7.82 Å². The van der Waals surface area contributed by atoms with E-state index in [9.17, 15) is 0 Å². The van der Waals surface area contributed by atoms with Gasteiger partial charge in [0.15, 0.2) is 0 Å². The fourth-order valence-electron chi connectivity index (χ4n) is 7.61. The maximum absolute atomic E-state index is 8.90. The molecule has 8 nitrogen and oxygen atoms in total. The number of unbranched alkanes of at least 4 members (excludes halogenated alkanes) is 25. The molecule has 5 N–H and O–H groups in total. The Labute approximate surface area is 356 Å². The first-order chi connectivity index (χ1) is 27.6. The molecule has 0 aromatic carbocycles. The summed E-state index contributed by atoms with van der Waals surface area (Å²) in [5.74, 6) is 1.62. The molecule has 348 valence electrons. The topological polar surface area (TPSA) is 131 Å². The lowest BCUT2D eigenvalue weighted by Crippen LogP contribution is -2.30. The van der Waals surface area contributed by atoms with Gasteiger partial charge in [0.2, 0.25) is 0 Å². The maximum Gasteiger partial charge on any atom is 0.466 e. The fourth-order valence-corrected chi connectivity index (χ4v) is 7.61. The van der Waals surface area contributed by atoms with Crippen LogP contribution in [-0.2, 0) is 9.30 Å². The zero-order valence-corrected chi connectivity index (χ0v) is 40.0. The molecular weight excluding hydrogens is 734 g/mol. The molecule has 0 heterocycles. The highest BCUT2D eigenvalue weighted by Gasteiger charge is 2.13. The smallest absolute Gasteiger partial charge is 0.395 e. The molecular formula is C48H104NO7P. The van der Waals surface area contributed by atoms with E-state index in [0.29, 0.717) is 13.1 Å². The van der Waals surface area contributed by atoms with E-state index in [1.165, 1.54) is 218 Å². The van der Waals surface area contributed by atoms with Crippen LogP contribution in [0.2, 0.25) is 0 Å². The van der Waals surface area contributed by atoms with Crippen molar-refractivity contribution in [2.24, 2.45) is 11.8 Å². The van der Waals surface area contributed by atoms with E-state index in [1.807, 2.05) is 0 Å². The summed E-state index contributed by atoms with van der Waals surface area (Å²) in [6.07, 6.45) is 47.3. The predicted molar refractivity (Wildman–Crippen MR) is 248 cm³/mol. The van der Waals surface area contributed by atoms with Crippen LogP contribution in [0.3, 0.4) is 0 Å². The van der Waals surface area contributed by atoms with E-state index in [2.05, 4.69) is 39.5 Å². The zero-order valence-electron chi connectivity index (χ0n) is 39.1. The van der Waals surface area contributed by atoms with Gasteiger partial charge >= 0.3 is 7.82 Å². The summed E-state index contributed by atoms with van der Waals surface area (Å²) in [5.41, 5.74) is 0. The molecule has 0 saturated heterocycles. The number of ether oxygens (including phenoxy) is 1. The van der Waals surface area contributed by atoms with Crippen LogP contribution in [0.5, 0.6) is 0 Å². The minimum Gasteiger partial charge on any atom is -0.395 e. The van der Waals surface area contributed by atoms with Gasteiger partial charge in [-0.05, 0) is 50.5 Å². The Morgan fingerprint density at radius 2 is 0.614 bits per heavy atom. The third kappa shape index (κ3) is 60.3. The largest absolute Gasteiger partial charge is 0.466 e. The highest BCUT2D eigenvalue weighted by atomic mass is 31.2. The normalized spacial score (nSPS) is 12.6. The molecule has 0 radical (unpaired) electrons. The SMILES string of the molecule is CCCCCCCCC(CCCCCC)COCC(CCCCCC)CCCCCCCC.CCCCCCCCCCCCN(CCO)CCO.O=P(O)(O)O. The van der Waals surface area contributed by atoms with Crippen LogP contribution < -0.4 is 0 Å². The van der Waals surface area contributed by atoms with Gasteiger partial charge in [-0.25, -0.2) is 4.57 Å². The number of phosphoric acid groups is 1. The molecule has 2 unspecified atom stereocenters. The minimum atomic E-state index is -4.64. The average molecular weight is 838 g/mol. The second-order valence-electron chi connectivity index (χ2n) is 17.1. The molecule has 0 aromatic rings. The molecule has 0 aliphatic heterocycles. The summed E-state index contributed by atoms with van der Waals surface area (Å²) in [5, 5.41) is 17.8. The third-order valence-corrected chi connectivity index (χ3v) is 11.2. The van der Waals surface area contributed by atoms with Gasteiger partial charge < -0.3 is 29.6 Å². The van der Waals surface area contributed by atoms with Crippen molar-refractivity contribution in [3.05, 3.63) is 0 Å². The van der Waals surface area contributed by atoms with E-state index in [1.54, 1.807) is 0 Å². The second kappa shape index (κ2) is 52.1. The monoisotopic (exact) mass is 838 g/mol. The fraction of sp³-hybridized carbons (Fsp3) is 1.00. The molecule has 2 atom stereocenters.